The number of anilines is 1. The number of amides is 1. The molecule has 1 aromatic carbocycles. The summed E-state index contributed by atoms with van der Waals surface area (Å²) in [6.45, 7) is 1.53. The van der Waals surface area contributed by atoms with Gasteiger partial charge in [-0.15, -0.1) is 21.5 Å². The molecular weight excluding hydrogens is 435 g/mol. The van der Waals surface area contributed by atoms with Gasteiger partial charge in [0.2, 0.25) is 11.1 Å². The number of hydrogen-bond acceptors (Lipinski definition) is 6. The van der Waals surface area contributed by atoms with E-state index < -0.39 is 22.9 Å². The lowest BCUT2D eigenvalue weighted by Gasteiger charge is -2.16. The van der Waals surface area contributed by atoms with E-state index in [2.05, 4.69) is 15.5 Å². The largest absolute Gasteiger partial charge is 0.418 e. The molecule has 1 unspecified atom stereocenters. The van der Waals surface area contributed by atoms with Crippen molar-refractivity contribution in [2.45, 2.75) is 23.5 Å². The Morgan fingerprint density at radius 2 is 2.11 bits per heavy atom. The first-order valence-corrected chi connectivity index (χ1v) is 9.89. The molecule has 0 aliphatic heterocycles. The van der Waals surface area contributed by atoms with Gasteiger partial charge in [-0.1, -0.05) is 29.4 Å². The third kappa shape index (κ3) is 4.42. The van der Waals surface area contributed by atoms with Gasteiger partial charge in [-0.2, -0.15) is 13.2 Å². The van der Waals surface area contributed by atoms with Crippen molar-refractivity contribution in [1.82, 2.24) is 14.9 Å². The number of nitrogens with two attached hydrogens (primary N) is 1. The number of nitrogens with one attached hydrogen (secondary N) is 1. The number of nitrogen functional groups attached to an aromatic ring is 1. The van der Waals surface area contributed by atoms with E-state index in [0.717, 1.165) is 28.8 Å². The van der Waals surface area contributed by atoms with Crippen LogP contribution in [-0.2, 0) is 11.0 Å². The summed E-state index contributed by atoms with van der Waals surface area (Å²) in [6.07, 6.45) is -4.66. The van der Waals surface area contributed by atoms with Crippen molar-refractivity contribution in [2.75, 3.05) is 11.2 Å². The molecule has 2 heterocycles. The second-order valence-electron chi connectivity index (χ2n) is 5.59. The van der Waals surface area contributed by atoms with Gasteiger partial charge in [-0.3, -0.25) is 4.79 Å². The summed E-state index contributed by atoms with van der Waals surface area (Å²) in [5.41, 5.74) is -1.39. The third-order valence-electron chi connectivity index (χ3n) is 3.60. The molecule has 6 nitrogen and oxygen atoms in total. The number of nitrogens with zero attached hydrogens (tertiary/aromatic N) is 3. The van der Waals surface area contributed by atoms with Gasteiger partial charge in [0.25, 0.3) is 0 Å². The first-order chi connectivity index (χ1) is 13.2. The van der Waals surface area contributed by atoms with E-state index in [0.29, 0.717) is 5.82 Å². The summed E-state index contributed by atoms with van der Waals surface area (Å²) in [7, 11) is 0. The fourth-order valence-corrected chi connectivity index (χ4v) is 3.88. The van der Waals surface area contributed by atoms with Gasteiger partial charge in [0.15, 0.2) is 5.82 Å². The summed E-state index contributed by atoms with van der Waals surface area (Å²) in [5, 5.41) is 11.5. The van der Waals surface area contributed by atoms with Crippen LogP contribution in [0, 0.1) is 0 Å². The molecule has 1 amide bonds. The van der Waals surface area contributed by atoms with Gasteiger partial charge < -0.3 is 11.2 Å². The molecule has 2 aromatic heterocycles. The smallest absolute Gasteiger partial charge is 0.335 e. The zero-order valence-corrected chi connectivity index (χ0v) is 16.6. The lowest BCUT2D eigenvalue weighted by Crippen LogP contribution is -2.25. The van der Waals surface area contributed by atoms with Crippen LogP contribution in [0.5, 0.6) is 0 Å². The molecule has 3 N–H and O–H groups in total. The number of carbonyl (C=O) groups is 1. The van der Waals surface area contributed by atoms with Gasteiger partial charge in [0.1, 0.15) is 0 Å². The predicted molar refractivity (Wildman–Crippen MR) is 104 cm³/mol. The highest BCUT2D eigenvalue weighted by Gasteiger charge is 2.34. The Hall–Kier alpha value is -2.24. The topological polar surface area (TPSA) is 85.8 Å². The molecule has 0 saturated heterocycles. The summed E-state index contributed by atoms with van der Waals surface area (Å²) >= 11 is 8.05. The van der Waals surface area contributed by atoms with Crippen molar-refractivity contribution in [2.24, 2.45) is 0 Å². The van der Waals surface area contributed by atoms with Crippen molar-refractivity contribution in [1.29, 1.82) is 0 Å². The van der Waals surface area contributed by atoms with Gasteiger partial charge in [-0.25, -0.2) is 4.68 Å². The Labute approximate surface area is 170 Å². The lowest BCUT2D eigenvalue weighted by molar-refractivity contribution is -0.137. The van der Waals surface area contributed by atoms with Crippen molar-refractivity contribution in [3.8, 4) is 10.7 Å². The van der Waals surface area contributed by atoms with E-state index in [1.54, 1.807) is 0 Å². The van der Waals surface area contributed by atoms with Gasteiger partial charge >= 0.3 is 6.18 Å². The highest BCUT2D eigenvalue weighted by atomic mass is 35.5. The van der Waals surface area contributed by atoms with E-state index in [4.69, 9.17) is 17.4 Å². The number of benzene rings is 1. The lowest BCUT2D eigenvalue weighted by atomic mass is 10.1. The molecule has 12 heteroatoms. The molecule has 0 bridgehead atoms. The number of carbonyl (C=O) groups excluding carboxylic acids is 1. The standard InChI is InChI=1S/C16H13ClF3N5OS2/c1-8(28-15-24-23-13(25(15)21)12-3-2-6-27-12)14(26)22-11-5-4-9(17)7-10(11)16(18,19)20/h2-8H,21H2,1H3,(H,22,26). The molecule has 0 spiro atoms. The Morgan fingerprint density at radius 3 is 2.75 bits per heavy atom. The summed E-state index contributed by atoms with van der Waals surface area (Å²) < 4.78 is 40.7. The maximum atomic E-state index is 13.2. The Bertz CT molecular complexity index is 991. The fourth-order valence-electron chi connectivity index (χ4n) is 2.24. The number of thiophene rings is 1. The number of aromatic nitrogens is 3. The maximum Gasteiger partial charge on any atom is 0.418 e. The van der Waals surface area contributed by atoms with E-state index >= 15 is 0 Å². The minimum absolute atomic E-state index is 0.0786. The molecule has 0 fully saturated rings. The molecule has 3 aromatic rings. The van der Waals surface area contributed by atoms with Crippen molar-refractivity contribution >= 4 is 46.3 Å². The van der Waals surface area contributed by atoms with Crippen LogP contribution in [0.1, 0.15) is 12.5 Å². The van der Waals surface area contributed by atoms with Crippen molar-refractivity contribution in [3.63, 3.8) is 0 Å². The fraction of sp³-hybridized carbons (Fsp3) is 0.188. The number of halogens is 4. The second kappa shape index (κ2) is 8.02. The molecule has 0 aliphatic carbocycles. The van der Waals surface area contributed by atoms with E-state index in [1.807, 2.05) is 17.5 Å². The molecular formula is C16H13ClF3N5OS2. The van der Waals surface area contributed by atoms with Crippen LogP contribution in [0.25, 0.3) is 10.7 Å². The minimum Gasteiger partial charge on any atom is -0.335 e. The monoisotopic (exact) mass is 447 g/mol. The Morgan fingerprint density at radius 1 is 1.36 bits per heavy atom. The summed E-state index contributed by atoms with van der Waals surface area (Å²) in [5.74, 6) is 5.77. The van der Waals surface area contributed by atoms with Crippen molar-refractivity contribution in [3.05, 3.63) is 46.3 Å². The molecule has 0 radical (unpaired) electrons. The van der Waals surface area contributed by atoms with Crippen LogP contribution in [0.3, 0.4) is 0 Å². The van der Waals surface area contributed by atoms with E-state index in [-0.39, 0.29) is 15.9 Å². The van der Waals surface area contributed by atoms with Gasteiger partial charge in [0.05, 0.1) is 21.4 Å². The van der Waals surface area contributed by atoms with Crippen LogP contribution in [0.15, 0.2) is 40.9 Å². The minimum atomic E-state index is -4.66. The van der Waals surface area contributed by atoms with Gasteiger partial charge in [0, 0.05) is 5.02 Å². The Balaban J connectivity index is 1.75. The molecule has 1 atom stereocenters. The average molecular weight is 448 g/mol. The molecule has 0 aliphatic rings. The van der Waals surface area contributed by atoms with Crippen LogP contribution in [0.2, 0.25) is 5.02 Å². The first-order valence-electron chi connectivity index (χ1n) is 7.75. The van der Waals surface area contributed by atoms with Gasteiger partial charge in [-0.05, 0) is 36.6 Å². The Kier molecular flexibility index (Phi) is 5.87. The average Bonchev–Trinajstić information content (AvgIpc) is 3.26. The zero-order valence-electron chi connectivity index (χ0n) is 14.2. The highest BCUT2D eigenvalue weighted by Crippen LogP contribution is 2.37. The van der Waals surface area contributed by atoms with Crippen LogP contribution >= 0.6 is 34.7 Å². The number of thioether (sulfide) groups is 1. The summed E-state index contributed by atoms with van der Waals surface area (Å²) in [6, 6.07) is 6.80. The van der Waals surface area contributed by atoms with E-state index in [1.165, 1.54) is 29.0 Å². The van der Waals surface area contributed by atoms with Crippen molar-refractivity contribution < 1.29 is 18.0 Å². The normalized spacial score (nSPS) is 12.8. The first kappa shape index (κ1) is 20.5. The SMILES string of the molecule is CC(Sc1nnc(-c2cccs2)n1N)C(=O)Nc1ccc(Cl)cc1C(F)(F)F. The number of rotatable bonds is 5. The third-order valence-corrected chi connectivity index (χ3v) is 5.76. The number of hydrogen-bond donors (Lipinski definition) is 2. The highest BCUT2D eigenvalue weighted by molar-refractivity contribution is 8.00. The number of alkyl halides is 3. The van der Waals surface area contributed by atoms with Crippen LogP contribution < -0.4 is 11.2 Å². The molecule has 28 heavy (non-hydrogen) atoms. The summed E-state index contributed by atoms with van der Waals surface area (Å²) in [4.78, 5) is 13.2. The molecule has 148 valence electrons. The quantitative estimate of drug-likeness (QED) is 0.444. The zero-order chi connectivity index (χ0) is 20.5. The van der Waals surface area contributed by atoms with Crippen LogP contribution in [-0.4, -0.2) is 26.0 Å². The molecule has 3 rings (SSSR count). The molecule has 0 saturated carbocycles. The predicted octanol–water partition coefficient (Wildman–Crippen LogP) is 4.51. The van der Waals surface area contributed by atoms with Crippen LogP contribution in [0.4, 0.5) is 18.9 Å². The van der Waals surface area contributed by atoms with E-state index in [9.17, 15) is 18.0 Å². The second-order valence-corrected chi connectivity index (χ2v) is 8.28. The maximum absolute atomic E-state index is 13.2.